The second kappa shape index (κ2) is 15.5. The third-order valence-electron chi connectivity index (χ3n) is 8.77. The van der Waals surface area contributed by atoms with Crippen molar-refractivity contribution in [3.05, 3.63) is 82.4 Å². The fourth-order valence-corrected chi connectivity index (χ4v) is 6.26. The molecule has 4 aromatic heterocycles. The Morgan fingerprint density at radius 1 is 0.698 bits per heavy atom. The van der Waals surface area contributed by atoms with Crippen molar-refractivity contribution in [3.8, 4) is 0 Å². The number of carbonyl (C=O) groups is 4. The number of amides is 4. The van der Waals surface area contributed by atoms with Gasteiger partial charge in [0.1, 0.15) is 11.4 Å². The molecule has 0 saturated heterocycles. The minimum atomic E-state index is -0.577. The van der Waals surface area contributed by atoms with Crippen molar-refractivity contribution in [1.82, 2.24) is 43.6 Å². The number of fused-ring (bicyclic) bond motifs is 2. The van der Waals surface area contributed by atoms with Gasteiger partial charge in [0.25, 0.3) is 17.7 Å². The molecule has 0 radical (unpaired) electrons. The molecule has 53 heavy (non-hydrogen) atoms. The molecule has 4 amide bonds. The topological polar surface area (TPSA) is 193 Å². The van der Waals surface area contributed by atoms with Gasteiger partial charge in [0.2, 0.25) is 17.8 Å². The molecule has 0 aliphatic carbocycles. The summed E-state index contributed by atoms with van der Waals surface area (Å²) in [6.07, 6.45) is 1.29. The lowest BCUT2D eigenvalue weighted by Gasteiger charge is -2.13. The van der Waals surface area contributed by atoms with E-state index in [9.17, 15) is 19.2 Å². The van der Waals surface area contributed by atoms with Crippen LogP contribution in [0.5, 0.6) is 0 Å². The highest BCUT2D eigenvalue weighted by Gasteiger charge is 2.21. The van der Waals surface area contributed by atoms with Gasteiger partial charge in [-0.2, -0.15) is 10.2 Å². The number of rotatable bonds is 13. The van der Waals surface area contributed by atoms with Crippen LogP contribution in [0.25, 0.3) is 22.1 Å². The van der Waals surface area contributed by atoms with Crippen molar-refractivity contribution >= 4 is 57.6 Å². The number of nitrogens with two attached hydrogens (primary N) is 1. The number of aromatic nitrogens is 8. The summed E-state index contributed by atoms with van der Waals surface area (Å²) in [6, 6.07) is 13.8. The van der Waals surface area contributed by atoms with Gasteiger partial charge in [-0.1, -0.05) is 7.43 Å². The van der Waals surface area contributed by atoms with E-state index < -0.39 is 5.91 Å². The first-order valence-corrected chi connectivity index (χ1v) is 17.1. The number of nitrogens with one attached hydrogen (secondary N) is 2. The van der Waals surface area contributed by atoms with Crippen LogP contribution in [0, 0.1) is 13.8 Å². The number of nitrogens with zero attached hydrogens (tertiary/aromatic N) is 9. The van der Waals surface area contributed by atoms with Crippen molar-refractivity contribution in [3.63, 3.8) is 0 Å². The second-order valence-corrected chi connectivity index (χ2v) is 12.7. The zero-order valence-corrected chi connectivity index (χ0v) is 30.1. The minimum absolute atomic E-state index is 0. The Hall–Kier alpha value is -6.32. The number of hydrogen-bond donors (Lipinski definition) is 3. The van der Waals surface area contributed by atoms with E-state index in [-0.39, 0.29) is 25.1 Å². The van der Waals surface area contributed by atoms with Gasteiger partial charge < -0.3 is 19.8 Å². The normalized spacial score (nSPS) is 11.1. The molecule has 0 unspecified atom stereocenters. The zero-order chi connectivity index (χ0) is 37.3. The molecule has 6 rings (SSSR count). The maximum absolute atomic E-state index is 13.5. The lowest BCUT2D eigenvalue weighted by molar-refractivity contribution is 0.0827. The predicted molar refractivity (Wildman–Crippen MR) is 203 cm³/mol. The van der Waals surface area contributed by atoms with Crippen molar-refractivity contribution in [2.24, 2.45) is 5.73 Å². The van der Waals surface area contributed by atoms with Gasteiger partial charge in [0, 0.05) is 51.4 Å². The van der Waals surface area contributed by atoms with Crippen molar-refractivity contribution in [2.75, 3.05) is 24.7 Å². The molecule has 4 heterocycles. The van der Waals surface area contributed by atoms with Gasteiger partial charge in [0.15, 0.2) is 0 Å². The number of aryl methyl sites for hydroxylation is 6. The smallest absolute Gasteiger partial charge is 0.276 e. The average molecular weight is 723 g/mol. The highest BCUT2D eigenvalue weighted by molar-refractivity contribution is 6.04. The molecule has 0 aliphatic rings. The van der Waals surface area contributed by atoms with Crippen LogP contribution in [-0.2, 0) is 26.2 Å². The Morgan fingerprint density at radius 3 is 1.55 bits per heavy atom. The monoisotopic (exact) mass is 722 g/mol. The van der Waals surface area contributed by atoms with Gasteiger partial charge in [-0.05, 0) is 89.1 Å². The van der Waals surface area contributed by atoms with Crippen LogP contribution in [0.15, 0.2) is 48.5 Å². The molecule has 0 atom stereocenters. The number of unbranched alkanes of at least 4 members (excludes halogenated alkanes) is 1. The number of hydrogen-bond acceptors (Lipinski definition) is 8. The van der Waals surface area contributed by atoms with Crippen LogP contribution in [-0.4, -0.2) is 81.3 Å². The van der Waals surface area contributed by atoms with E-state index in [4.69, 9.17) is 10.7 Å². The number of imidazole rings is 2. The Bertz CT molecular complexity index is 2340. The maximum Gasteiger partial charge on any atom is 0.276 e. The summed E-state index contributed by atoms with van der Waals surface area (Å²) in [6.45, 7) is 9.49. The molecule has 278 valence electrons. The number of carbonyl (C=O) groups excluding carboxylic acids is 4. The van der Waals surface area contributed by atoms with Crippen LogP contribution in [0.1, 0.15) is 87.2 Å². The molecule has 0 fully saturated rings. The average Bonchev–Trinajstić information content (AvgIpc) is 3.87. The summed E-state index contributed by atoms with van der Waals surface area (Å²) in [5, 5.41) is 14.7. The third kappa shape index (κ3) is 7.66. The Kier molecular flexibility index (Phi) is 11.1. The van der Waals surface area contributed by atoms with E-state index in [1.807, 2.05) is 42.9 Å². The molecule has 0 bridgehead atoms. The lowest BCUT2D eigenvalue weighted by Crippen LogP contribution is -2.21. The molecule has 0 spiro atoms. The van der Waals surface area contributed by atoms with Gasteiger partial charge in [0.05, 0.1) is 33.5 Å². The highest BCUT2D eigenvalue weighted by Crippen LogP contribution is 2.26. The number of anilines is 2. The molecule has 16 nitrogen and oxygen atoms in total. The van der Waals surface area contributed by atoms with Crippen molar-refractivity contribution < 1.29 is 19.2 Å². The number of benzene rings is 2. The van der Waals surface area contributed by atoms with Crippen molar-refractivity contribution in [2.45, 2.75) is 74.1 Å². The largest absolute Gasteiger partial charge is 0.366 e. The summed E-state index contributed by atoms with van der Waals surface area (Å²) in [5.41, 5.74) is 11.2. The van der Waals surface area contributed by atoms with Gasteiger partial charge >= 0.3 is 0 Å². The molecule has 2 aromatic carbocycles. The molecule has 0 aliphatic heterocycles. The minimum Gasteiger partial charge on any atom is -0.366 e. The Labute approximate surface area is 307 Å². The van der Waals surface area contributed by atoms with Gasteiger partial charge in [-0.25, -0.2) is 9.97 Å². The molecule has 16 heteroatoms. The lowest BCUT2D eigenvalue weighted by atomic mass is 10.2. The van der Waals surface area contributed by atoms with Gasteiger partial charge in [-0.15, -0.1) is 0 Å². The van der Waals surface area contributed by atoms with E-state index >= 15 is 0 Å². The standard InChI is InChI=1S/C36H42N12O4.CH4/c1-7-47-29(17-21(3)42-47)32(50)40-35-38-25-19-23(31(37)49)11-13-27(25)45(35)15-9-10-16-46-28-14-12-24(34(52)44(5)6)20-26(28)39-36(46)41-33(51)30-18-22(4)43-48(30)8-2;/h11-14,17-20H,7-10,15-16H2,1-6H3,(H2,37,49)(H,38,40,50)(H,39,41,51);1H4. The van der Waals surface area contributed by atoms with E-state index in [2.05, 4.69) is 25.8 Å². The van der Waals surface area contributed by atoms with Crippen molar-refractivity contribution in [1.29, 1.82) is 0 Å². The summed E-state index contributed by atoms with van der Waals surface area (Å²) < 4.78 is 7.10. The third-order valence-corrected chi connectivity index (χ3v) is 8.77. The Balaban J connectivity index is 0.00000541. The summed E-state index contributed by atoms with van der Waals surface area (Å²) in [4.78, 5) is 62.5. The van der Waals surface area contributed by atoms with E-state index in [1.54, 1.807) is 65.9 Å². The fourth-order valence-electron chi connectivity index (χ4n) is 6.26. The Morgan fingerprint density at radius 2 is 1.13 bits per heavy atom. The van der Waals surface area contributed by atoms with Crippen LogP contribution in [0.2, 0.25) is 0 Å². The van der Waals surface area contributed by atoms with Gasteiger partial charge in [-0.3, -0.25) is 39.2 Å². The highest BCUT2D eigenvalue weighted by atomic mass is 16.2. The van der Waals surface area contributed by atoms with Crippen LogP contribution in [0.4, 0.5) is 11.9 Å². The first kappa shape index (κ1) is 37.9. The molecular formula is C37H46N12O4. The second-order valence-electron chi connectivity index (χ2n) is 12.7. The quantitative estimate of drug-likeness (QED) is 0.141. The fraction of sp³-hybridized carbons (Fsp3) is 0.351. The zero-order valence-electron chi connectivity index (χ0n) is 30.1. The van der Waals surface area contributed by atoms with Crippen LogP contribution < -0.4 is 16.4 Å². The maximum atomic E-state index is 13.5. The van der Waals surface area contributed by atoms with E-state index in [0.717, 1.165) is 22.4 Å². The number of primary amides is 1. The van der Waals surface area contributed by atoms with E-state index in [1.165, 1.54) is 4.90 Å². The summed E-state index contributed by atoms with van der Waals surface area (Å²) >= 11 is 0. The first-order chi connectivity index (χ1) is 24.9. The first-order valence-electron chi connectivity index (χ1n) is 17.1. The van der Waals surface area contributed by atoms with Crippen LogP contribution >= 0.6 is 0 Å². The molecule has 0 saturated carbocycles. The molecule has 4 N–H and O–H groups in total. The molecule has 6 aromatic rings. The molecular weight excluding hydrogens is 676 g/mol. The summed E-state index contributed by atoms with van der Waals surface area (Å²) in [5.74, 6) is -0.761. The van der Waals surface area contributed by atoms with Crippen LogP contribution in [0.3, 0.4) is 0 Å². The SMILES string of the molecule is C.CCn1nc(C)cc1C(=O)Nc1nc2cc(C(N)=O)ccc2n1CCCCn1c(NC(=O)c2cc(C)nn2CC)nc2cc(C(=O)N(C)C)ccc21. The van der Waals surface area contributed by atoms with E-state index in [0.29, 0.717) is 84.5 Å². The summed E-state index contributed by atoms with van der Waals surface area (Å²) in [7, 11) is 3.38. The predicted octanol–water partition coefficient (Wildman–Crippen LogP) is 4.86.